The van der Waals surface area contributed by atoms with Crippen molar-refractivity contribution in [3.63, 3.8) is 0 Å². The molecular formula is C21H19F3N4. The zero-order chi connectivity index (χ0) is 19.6. The van der Waals surface area contributed by atoms with Crippen molar-refractivity contribution < 1.29 is 13.2 Å². The summed E-state index contributed by atoms with van der Waals surface area (Å²) in [6.45, 7) is 1.69. The van der Waals surface area contributed by atoms with Gasteiger partial charge in [-0.1, -0.05) is 42.5 Å². The molecule has 4 nitrogen and oxygen atoms in total. The number of anilines is 3. The lowest BCUT2D eigenvalue weighted by Crippen LogP contribution is -2.21. The molecule has 0 amide bonds. The van der Waals surface area contributed by atoms with Crippen LogP contribution in [0.4, 0.5) is 30.6 Å². The number of hydrogen-bond acceptors (Lipinski definition) is 4. The van der Waals surface area contributed by atoms with Crippen LogP contribution in [0.5, 0.6) is 0 Å². The highest BCUT2D eigenvalue weighted by Crippen LogP contribution is 2.36. The number of benzene rings is 2. The van der Waals surface area contributed by atoms with Crippen LogP contribution in [-0.4, -0.2) is 23.1 Å². The molecule has 28 heavy (non-hydrogen) atoms. The van der Waals surface area contributed by atoms with Crippen molar-refractivity contribution in [2.75, 3.05) is 23.3 Å². The number of aromatic nitrogens is 2. The van der Waals surface area contributed by atoms with E-state index in [1.54, 1.807) is 12.1 Å². The van der Waals surface area contributed by atoms with E-state index in [4.69, 9.17) is 0 Å². The van der Waals surface area contributed by atoms with Crippen LogP contribution in [0, 0.1) is 0 Å². The second-order valence-electron chi connectivity index (χ2n) is 6.67. The molecule has 0 aliphatic carbocycles. The van der Waals surface area contributed by atoms with E-state index in [2.05, 4.69) is 20.2 Å². The molecule has 7 heteroatoms. The summed E-state index contributed by atoms with van der Waals surface area (Å²) in [5.41, 5.74) is 0.805. The fourth-order valence-corrected chi connectivity index (χ4v) is 3.29. The predicted octanol–water partition coefficient (Wildman–Crippen LogP) is 5.51. The number of hydrogen-bond donors (Lipinski definition) is 1. The molecule has 144 valence electrons. The summed E-state index contributed by atoms with van der Waals surface area (Å²) in [4.78, 5) is 11.2. The highest BCUT2D eigenvalue weighted by Gasteiger charge is 2.33. The van der Waals surface area contributed by atoms with E-state index in [0.29, 0.717) is 17.5 Å². The average Bonchev–Trinajstić information content (AvgIpc) is 3.23. The maximum Gasteiger partial charge on any atom is 0.418 e. The Hall–Kier alpha value is -3.09. The van der Waals surface area contributed by atoms with Gasteiger partial charge in [-0.2, -0.15) is 18.2 Å². The van der Waals surface area contributed by atoms with Gasteiger partial charge in [0, 0.05) is 24.7 Å². The molecule has 2 heterocycles. The van der Waals surface area contributed by atoms with Crippen molar-refractivity contribution in [1.82, 2.24) is 9.97 Å². The Morgan fingerprint density at radius 2 is 1.54 bits per heavy atom. The van der Waals surface area contributed by atoms with Gasteiger partial charge in [0.2, 0.25) is 5.95 Å². The number of nitrogens with zero attached hydrogens (tertiary/aromatic N) is 3. The van der Waals surface area contributed by atoms with Gasteiger partial charge in [-0.25, -0.2) is 4.98 Å². The van der Waals surface area contributed by atoms with Crippen LogP contribution in [-0.2, 0) is 6.18 Å². The Bertz CT molecular complexity index is 951. The second kappa shape index (κ2) is 7.50. The van der Waals surface area contributed by atoms with Gasteiger partial charge in [-0.3, -0.25) is 0 Å². The smallest absolute Gasteiger partial charge is 0.341 e. The molecular weight excluding hydrogens is 365 g/mol. The molecule has 0 spiro atoms. The summed E-state index contributed by atoms with van der Waals surface area (Å²) < 4.78 is 40.0. The molecule has 1 aromatic heterocycles. The Kier molecular flexibility index (Phi) is 4.90. The first-order valence-corrected chi connectivity index (χ1v) is 9.13. The van der Waals surface area contributed by atoms with E-state index in [-0.39, 0.29) is 5.69 Å². The highest BCUT2D eigenvalue weighted by atomic mass is 19.4. The molecule has 2 aromatic carbocycles. The van der Waals surface area contributed by atoms with Crippen LogP contribution in [0.1, 0.15) is 18.4 Å². The van der Waals surface area contributed by atoms with Crippen molar-refractivity contribution in [3.8, 4) is 11.3 Å². The largest absolute Gasteiger partial charge is 0.418 e. The molecule has 0 bridgehead atoms. The van der Waals surface area contributed by atoms with Crippen LogP contribution < -0.4 is 10.2 Å². The zero-order valence-corrected chi connectivity index (χ0v) is 15.1. The van der Waals surface area contributed by atoms with E-state index >= 15 is 0 Å². The van der Waals surface area contributed by atoms with Crippen LogP contribution in [0.15, 0.2) is 60.7 Å². The molecule has 4 rings (SSSR count). The number of halogens is 3. The van der Waals surface area contributed by atoms with Gasteiger partial charge in [0.15, 0.2) is 0 Å². The van der Waals surface area contributed by atoms with E-state index in [1.807, 2.05) is 30.3 Å². The molecule has 1 aliphatic rings. The summed E-state index contributed by atoms with van der Waals surface area (Å²) in [5.74, 6) is 0.873. The third-order valence-electron chi connectivity index (χ3n) is 4.67. The fraction of sp³-hybridized carbons (Fsp3) is 0.238. The zero-order valence-electron chi connectivity index (χ0n) is 15.1. The van der Waals surface area contributed by atoms with Crippen molar-refractivity contribution in [2.24, 2.45) is 0 Å². The standard InChI is InChI=1S/C21H19F3N4/c22-21(23,24)16-10-4-5-11-17(16)25-19-14-18(15-8-2-1-3-9-15)26-20(27-19)28-12-6-7-13-28/h1-5,8-11,14H,6-7,12-13H2,(H,25,26,27). The maximum absolute atomic E-state index is 13.3. The van der Waals surface area contributed by atoms with Crippen LogP contribution in [0.25, 0.3) is 11.3 Å². The van der Waals surface area contributed by atoms with Gasteiger partial charge in [-0.05, 0) is 25.0 Å². The molecule has 1 saturated heterocycles. The van der Waals surface area contributed by atoms with Gasteiger partial charge in [0.25, 0.3) is 0 Å². The maximum atomic E-state index is 13.3. The summed E-state index contributed by atoms with van der Waals surface area (Å²) in [6.07, 6.45) is -2.34. The number of alkyl halides is 3. The molecule has 0 saturated carbocycles. The van der Waals surface area contributed by atoms with Crippen molar-refractivity contribution in [3.05, 3.63) is 66.2 Å². The molecule has 1 fully saturated rings. The first-order valence-electron chi connectivity index (χ1n) is 9.13. The monoisotopic (exact) mass is 384 g/mol. The van der Waals surface area contributed by atoms with E-state index in [0.717, 1.165) is 37.6 Å². The van der Waals surface area contributed by atoms with E-state index < -0.39 is 11.7 Å². The first kappa shape index (κ1) is 18.3. The summed E-state index contributed by atoms with van der Waals surface area (Å²) >= 11 is 0. The number of nitrogens with one attached hydrogen (secondary N) is 1. The van der Waals surface area contributed by atoms with Gasteiger partial charge in [0.05, 0.1) is 16.9 Å². The van der Waals surface area contributed by atoms with Crippen molar-refractivity contribution in [1.29, 1.82) is 0 Å². The predicted molar refractivity (Wildman–Crippen MR) is 104 cm³/mol. The van der Waals surface area contributed by atoms with Gasteiger partial charge in [0.1, 0.15) is 5.82 Å². The molecule has 0 atom stereocenters. The van der Waals surface area contributed by atoms with Crippen LogP contribution >= 0.6 is 0 Å². The van der Waals surface area contributed by atoms with Crippen LogP contribution in [0.3, 0.4) is 0 Å². The van der Waals surface area contributed by atoms with E-state index in [1.165, 1.54) is 12.1 Å². The lowest BCUT2D eigenvalue weighted by molar-refractivity contribution is -0.136. The fourth-order valence-electron chi connectivity index (χ4n) is 3.29. The minimum Gasteiger partial charge on any atom is -0.341 e. The molecule has 1 aliphatic heterocycles. The lowest BCUT2D eigenvalue weighted by atomic mass is 10.1. The lowest BCUT2D eigenvalue weighted by Gasteiger charge is -2.19. The van der Waals surface area contributed by atoms with Gasteiger partial charge in [-0.15, -0.1) is 0 Å². The summed E-state index contributed by atoms with van der Waals surface area (Å²) in [7, 11) is 0. The Morgan fingerprint density at radius 1 is 0.857 bits per heavy atom. The van der Waals surface area contributed by atoms with E-state index in [9.17, 15) is 13.2 Å². The topological polar surface area (TPSA) is 41.1 Å². The minimum absolute atomic E-state index is 0.0277. The molecule has 3 aromatic rings. The Morgan fingerprint density at radius 3 is 2.25 bits per heavy atom. The number of para-hydroxylation sites is 1. The quantitative estimate of drug-likeness (QED) is 0.644. The second-order valence-corrected chi connectivity index (χ2v) is 6.67. The summed E-state index contributed by atoms with van der Waals surface area (Å²) in [5, 5.41) is 2.86. The number of rotatable bonds is 4. The van der Waals surface area contributed by atoms with Gasteiger partial charge >= 0.3 is 6.18 Å². The molecule has 1 N–H and O–H groups in total. The van der Waals surface area contributed by atoms with Crippen molar-refractivity contribution in [2.45, 2.75) is 19.0 Å². The SMILES string of the molecule is FC(F)(F)c1ccccc1Nc1cc(-c2ccccc2)nc(N2CCCC2)n1. The van der Waals surface area contributed by atoms with Crippen molar-refractivity contribution >= 4 is 17.5 Å². The first-order chi connectivity index (χ1) is 13.5. The Balaban J connectivity index is 1.76. The summed E-state index contributed by atoms with van der Waals surface area (Å²) in [6, 6.07) is 16.6. The normalized spacial score (nSPS) is 14.3. The molecule has 0 radical (unpaired) electrons. The van der Waals surface area contributed by atoms with Gasteiger partial charge < -0.3 is 10.2 Å². The third kappa shape index (κ3) is 3.93. The minimum atomic E-state index is -4.45. The average molecular weight is 384 g/mol. The third-order valence-corrected chi connectivity index (χ3v) is 4.67. The molecule has 0 unspecified atom stereocenters. The Labute approximate surface area is 161 Å². The highest BCUT2D eigenvalue weighted by molar-refractivity contribution is 5.69. The van der Waals surface area contributed by atoms with Crippen LogP contribution in [0.2, 0.25) is 0 Å².